The Morgan fingerprint density at radius 2 is 1.73 bits per heavy atom. The van der Waals surface area contributed by atoms with Gasteiger partial charge in [0.2, 0.25) is 0 Å². The summed E-state index contributed by atoms with van der Waals surface area (Å²) in [6.45, 7) is 9.18. The van der Waals surface area contributed by atoms with Crippen LogP contribution in [0.1, 0.15) is 27.7 Å². The molecule has 1 aromatic carbocycles. The number of benzene rings is 1. The van der Waals surface area contributed by atoms with Gasteiger partial charge in [0, 0.05) is 0 Å². The Morgan fingerprint density at radius 3 is 2.20 bits per heavy atom. The second-order valence-electron chi connectivity index (χ2n) is 5.09. The monoisotopic (exact) mass is 239 g/mol. The number of hydrogen-bond donors (Lipinski definition) is 0. The lowest BCUT2D eigenvalue weighted by atomic mass is 9.83. The van der Waals surface area contributed by atoms with Crippen LogP contribution >= 0.6 is 11.1 Å². The smallest absolute Gasteiger partial charge is 0.163 e. The highest BCUT2D eigenvalue weighted by molar-refractivity contribution is 7.14. The molecule has 15 heavy (non-hydrogen) atoms. The predicted octanol–water partition coefficient (Wildman–Crippen LogP) is 3.81. The van der Waals surface area contributed by atoms with Crippen molar-refractivity contribution in [3.63, 3.8) is 0 Å². The average molecular weight is 240 g/mol. The minimum atomic E-state index is -0.897. The van der Waals surface area contributed by atoms with Crippen LogP contribution in [0.15, 0.2) is 30.3 Å². The van der Waals surface area contributed by atoms with Crippen molar-refractivity contribution >= 4 is 24.4 Å². The molecule has 0 saturated carbocycles. The highest BCUT2D eigenvalue weighted by Crippen LogP contribution is 2.32. The van der Waals surface area contributed by atoms with Crippen molar-refractivity contribution in [2.24, 2.45) is 11.3 Å². The molecule has 0 bridgehead atoms. The van der Waals surface area contributed by atoms with Gasteiger partial charge < -0.3 is 0 Å². The molecule has 0 aliphatic rings. The van der Waals surface area contributed by atoms with Crippen molar-refractivity contribution in [1.82, 2.24) is 0 Å². The second kappa shape index (κ2) is 5.18. The Hall–Kier alpha value is -0.273. The third kappa shape index (κ3) is 3.65. The van der Waals surface area contributed by atoms with Crippen LogP contribution in [-0.4, -0.2) is 8.11 Å². The second-order valence-corrected chi connectivity index (χ2v) is 8.20. The van der Waals surface area contributed by atoms with E-state index in [1.54, 1.807) is 0 Å². The zero-order valence-electron chi connectivity index (χ0n) is 10.0. The quantitative estimate of drug-likeness (QED) is 0.554. The standard InChI is InChI=1S/C13H20ClSi/c1-11(2)13(3,4)10-15(14)12-8-6-5-7-9-12/h5-9,11H,10H2,1-4H3. The molecular formula is C13H20ClSi. The van der Waals surface area contributed by atoms with Gasteiger partial charge in [0.25, 0.3) is 0 Å². The predicted molar refractivity (Wildman–Crippen MR) is 71.1 cm³/mol. The minimum absolute atomic E-state index is 0.339. The maximum Gasteiger partial charge on any atom is 0.200 e. The molecule has 0 aliphatic carbocycles. The Labute approximate surface area is 100.0 Å². The van der Waals surface area contributed by atoms with Gasteiger partial charge in [-0.2, -0.15) is 11.1 Å². The fourth-order valence-electron chi connectivity index (χ4n) is 1.33. The van der Waals surface area contributed by atoms with Gasteiger partial charge in [-0.1, -0.05) is 58.0 Å². The van der Waals surface area contributed by atoms with Crippen LogP contribution in [0, 0.1) is 11.3 Å². The molecule has 1 rings (SSSR count). The van der Waals surface area contributed by atoms with Crippen molar-refractivity contribution in [2.45, 2.75) is 33.7 Å². The Kier molecular flexibility index (Phi) is 4.41. The molecule has 2 heteroatoms. The summed E-state index contributed by atoms with van der Waals surface area (Å²) in [5.74, 6) is 0.681. The van der Waals surface area contributed by atoms with E-state index < -0.39 is 8.11 Å². The summed E-state index contributed by atoms with van der Waals surface area (Å²) in [5.41, 5.74) is 0.339. The normalized spacial score (nSPS) is 12.5. The SMILES string of the molecule is CC(C)C(C)(C)C[Si](Cl)c1ccccc1. The summed E-state index contributed by atoms with van der Waals surface area (Å²) < 4.78 is 0. The molecule has 0 aromatic heterocycles. The lowest BCUT2D eigenvalue weighted by Crippen LogP contribution is -2.32. The molecular weight excluding hydrogens is 220 g/mol. The van der Waals surface area contributed by atoms with Gasteiger partial charge in [-0.25, -0.2) is 0 Å². The molecule has 0 heterocycles. The van der Waals surface area contributed by atoms with E-state index >= 15 is 0 Å². The maximum absolute atomic E-state index is 6.54. The lowest BCUT2D eigenvalue weighted by molar-refractivity contribution is 0.283. The molecule has 0 N–H and O–H groups in total. The van der Waals surface area contributed by atoms with E-state index in [9.17, 15) is 0 Å². The first-order valence-corrected chi connectivity index (χ1v) is 8.22. The van der Waals surface area contributed by atoms with Gasteiger partial charge >= 0.3 is 0 Å². The minimum Gasteiger partial charge on any atom is -0.163 e. The van der Waals surface area contributed by atoms with Gasteiger partial charge in [-0.3, -0.25) is 0 Å². The summed E-state index contributed by atoms with van der Waals surface area (Å²) in [4.78, 5) is 0. The summed E-state index contributed by atoms with van der Waals surface area (Å²) in [6.07, 6.45) is 0. The summed E-state index contributed by atoms with van der Waals surface area (Å²) in [6, 6.07) is 11.6. The molecule has 0 aliphatic heterocycles. The summed E-state index contributed by atoms with van der Waals surface area (Å²) in [7, 11) is -0.897. The van der Waals surface area contributed by atoms with Crippen molar-refractivity contribution in [1.29, 1.82) is 0 Å². The summed E-state index contributed by atoms with van der Waals surface area (Å²) in [5, 5.41) is 1.33. The first kappa shape index (κ1) is 12.8. The van der Waals surface area contributed by atoms with Crippen molar-refractivity contribution in [3.8, 4) is 0 Å². The van der Waals surface area contributed by atoms with E-state index in [0.717, 1.165) is 6.04 Å². The molecule has 1 radical (unpaired) electrons. The van der Waals surface area contributed by atoms with Gasteiger partial charge in [-0.05, 0) is 22.6 Å². The fourth-order valence-corrected chi connectivity index (χ4v) is 4.70. The Morgan fingerprint density at radius 1 is 1.20 bits per heavy atom. The first-order chi connectivity index (χ1) is 6.93. The molecule has 0 amide bonds. The molecule has 0 unspecified atom stereocenters. The largest absolute Gasteiger partial charge is 0.200 e. The van der Waals surface area contributed by atoms with Gasteiger partial charge in [0.05, 0.1) is 0 Å². The van der Waals surface area contributed by atoms with Crippen molar-refractivity contribution in [2.75, 3.05) is 0 Å². The van der Waals surface area contributed by atoms with Crippen molar-refractivity contribution < 1.29 is 0 Å². The van der Waals surface area contributed by atoms with Crippen molar-refractivity contribution in [3.05, 3.63) is 30.3 Å². The Balaban J connectivity index is 2.68. The van der Waals surface area contributed by atoms with Crippen LogP contribution in [-0.2, 0) is 0 Å². The van der Waals surface area contributed by atoms with E-state index in [0.29, 0.717) is 11.3 Å². The van der Waals surface area contributed by atoms with Gasteiger partial charge in [0.1, 0.15) is 0 Å². The van der Waals surface area contributed by atoms with E-state index in [-0.39, 0.29) is 0 Å². The summed E-state index contributed by atoms with van der Waals surface area (Å²) >= 11 is 6.54. The van der Waals surface area contributed by atoms with E-state index in [1.165, 1.54) is 5.19 Å². The average Bonchev–Trinajstić information content (AvgIpc) is 2.18. The molecule has 0 atom stereocenters. The zero-order chi connectivity index (χ0) is 11.5. The van der Waals surface area contributed by atoms with Gasteiger partial charge in [0.15, 0.2) is 8.11 Å². The number of halogens is 1. The van der Waals surface area contributed by atoms with Crippen LogP contribution in [0.4, 0.5) is 0 Å². The Bertz CT molecular complexity index is 293. The first-order valence-electron chi connectivity index (χ1n) is 5.50. The third-order valence-electron chi connectivity index (χ3n) is 3.26. The molecule has 0 spiro atoms. The topological polar surface area (TPSA) is 0 Å². The van der Waals surface area contributed by atoms with Crippen LogP contribution < -0.4 is 5.19 Å². The number of hydrogen-bond acceptors (Lipinski definition) is 0. The molecule has 0 nitrogen and oxygen atoms in total. The molecule has 83 valence electrons. The zero-order valence-corrected chi connectivity index (χ0v) is 11.8. The van der Waals surface area contributed by atoms with E-state index in [4.69, 9.17) is 11.1 Å². The number of rotatable bonds is 4. The maximum atomic E-state index is 6.54. The highest BCUT2D eigenvalue weighted by atomic mass is 35.6. The molecule has 0 saturated heterocycles. The molecule has 0 fully saturated rings. The van der Waals surface area contributed by atoms with Crippen LogP contribution in [0.5, 0.6) is 0 Å². The highest BCUT2D eigenvalue weighted by Gasteiger charge is 2.27. The van der Waals surface area contributed by atoms with E-state index in [2.05, 4.69) is 52.0 Å². The third-order valence-corrected chi connectivity index (χ3v) is 6.50. The lowest BCUT2D eigenvalue weighted by Gasteiger charge is -2.30. The molecule has 1 aromatic rings. The van der Waals surface area contributed by atoms with Gasteiger partial charge in [-0.15, -0.1) is 0 Å². The fraction of sp³-hybridized carbons (Fsp3) is 0.538. The van der Waals surface area contributed by atoms with E-state index in [1.807, 2.05) is 6.07 Å². The van der Waals surface area contributed by atoms with Crippen LogP contribution in [0.25, 0.3) is 0 Å². The van der Waals surface area contributed by atoms with Crippen LogP contribution in [0.2, 0.25) is 6.04 Å². The van der Waals surface area contributed by atoms with Crippen LogP contribution in [0.3, 0.4) is 0 Å².